The van der Waals surface area contributed by atoms with Crippen molar-refractivity contribution in [1.82, 2.24) is 4.90 Å². The second kappa shape index (κ2) is 9.13. The van der Waals surface area contributed by atoms with Crippen molar-refractivity contribution in [1.29, 1.82) is 0 Å². The Labute approximate surface area is 157 Å². The van der Waals surface area contributed by atoms with Crippen molar-refractivity contribution in [3.05, 3.63) is 71.8 Å². The van der Waals surface area contributed by atoms with E-state index in [0.717, 1.165) is 11.1 Å². The summed E-state index contributed by atoms with van der Waals surface area (Å²) in [4.78, 5) is 14.3. The molecule has 2 rings (SSSR count). The molecule has 0 radical (unpaired) electrons. The first-order chi connectivity index (χ1) is 12.0. The van der Waals surface area contributed by atoms with Crippen molar-refractivity contribution in [3.63, 3.8) is 0 Å². The van der Waals surface area contributed by atoms with Gasteiger partial charge in [0.25, 0.3) is 0 Å². The van der Waals surface area contributed by atoms with E-state index in [0.29, 0.717) is 19.5 Å². The first kappa shape index (κ1) is 19.6. The van der Waals surface area contributed by atoms with Crippen LogP contribution in [0.2, 0.25) is 0 Å². The van der Waals surface area contributed by atoms with Gasteiger partial charge in [0.1, 0.15) is 0 Å². The van der Waals surface area contributed by atoms with Crippen molar-refractivity contribution in [2.45, 2.75) is 39.1 Å². The lowest BCUT2D eigenvalue weighted by atomic mass is 9.92. The summed E-state index contributed by atoms with van der Waals surface area (Å²) in [5.41, 5.74) is 0.300. The van der Waals surface area contributed by atoms with Crippen LogP contribution in [0.3, 0.4) is 0 Å². The SMILES string of the molecule is CCC(C)C(O)(C(=O)OBr)N(Cc1ccccc1)Cc1ccccc1. The average molecular weight is 406 g/mol. The Bertz CT molecular complexity index is 624. The highest BCUT2D eigenvalue weighted by molar-refractivity contribution is 9.06. The molecule has 0 saturated heterocycles. The molecule has 2 aromatic carbocycles. The van der Waals surface area contributed by atoms with E-state index in [1.807, 2.05) is 74.5 Å². The second-order valence-corrected chi connectivity index (χ2v) is 6.55. The van der Waals surface area contributed by atoms with Crippen molar-refractivity contribution in [2.75, 3.05) is 0 Å². The van der Waals surface area contributed by atoms with E-state index in [-0.39, 0.29) is 5.92 Å². The van der Waals surface area contributed by atoms with Gasteiger partial charge in [-0.2, -0.15) is 0 Å². The predicted molar refractivity (Wildman–Crippen MR) is 102 cm³/mol. The third kappa shape index (κ3) is 4.69. The molecule has 134 valence electrons. The number of benzene rings is 2. The highest BCUT2D eigenvalue weighted by atomic mass is 79.9. The van der Waals surface area contributed by atoms with E-state index in [2.05, 4.69) is 16.3 Å². The molecule has 5 heteroatoms. The van der Waals surface area contributed by atoms with Crippen LogP contribution in [-0.2, 0) is 21.7 Å². The van der Waals surface area contributed by atoms with Gasteiger partial charge in [-0.25, -0.2) is 4.79 Å². The quantitative estimate of drug-likeness (QED) is 0.665. The normalized spacial score (nSPS) is 14.8. The zero-order chi connectivity index (χ0) is 18.3. The Kier molecular flexibility index (Phi) is 7.17. The smallest absolute Gasteiger partial charge is 0.365 e. The Balaban J connectivity index is 2.41. The number of hydrogen-bond donors (Lipinski definition) is 1. The molecule has 2 aromatic rings. The zero-order valence-corrected chi connectivity index (χ0v) is 16.1. The van der Waals surface area contributed by atoms with Gasteiger partial charge < -0.3 is 8.93 Å². The van der Waals surface area contributed by atoms with Gasteiger partial charge in [-0.15, -0.1) is 0 Å². The number of nitrogens with zero attached hydrogens (tertiary/aromatic N) is 1. The summed E-state index contributed by atoms with van der Waals surface area (Å²) in [6.07, 6.45) is 0.638. The Morgan fingerprint density at radius 2 is 1.52 bits per heavy atom. The van der Waals surface area contributed by atoms with Crippen molar-refractivity contribution in [3.8, 4) is 0 Å². The molecule has 4 nitrogen and oxygen atoms in total. The summed E-state index contributed by atoms with van der Waals surface area (Å²) < 4.78 is 4.78. The molecule has 2 atom stereocenters. The summed E-state index contributed by atoms with van der Waals surface area (Å²) in [6.45, 7) is 4.66. The highest BCUT2D eigenvalue weighted by Gasteiger charge is 2.48. The van der Waals surface area contributed by atoms with Gasteiger partial charge in [0.05, 0.1) is 0 Å². The first-order valence-corrected chi connectivity index (χ1v) is 9.05. The molecule has 25 heavy (non-hydrogen) atoms. The van der Waals surface area contributed by atoms with Crippen LogP contribution < -0.4 is 0 Å². The van der Waals surface area contributed by atoms with Crippen LogP contribution in [0.15, 0.2) is 60.7 Å². The molecule has 0 saturated carbocycles. The van der Waals surface area contributed by atoms with Gasteiger partial charge in [0.15, 0.2) is 16.3 Å². The standard InChI is InChI=1S/C20H24BrNO3/c1-3-16(2)20(24,19(23)25-21)22(14-17-10-6-4-7-11-17)15-18-12-8-5-9-13-18/h4-13,16,24H,3,14-15H2,1-2H3. The number of aliphatic hydroxyl groups is 1. The largest absolute Gasteiger partial charge is 0.380 e. The van der Waals surface area contributed by atoms with Crippen molar-refractivity contribution in [2.24, 2.45) is 5.92 Å². The third-order valence-corrected chi connectivity index (χ3v) is 4.88. The number of halogens is 1. The van der Waals surface area contributed by atoms with Gasteiger partial charge in [-0.1, -0.05) is 74.5 Å². The molecule has 0 fully saturated rings. The Hall–Kier alpha value is -1.69. The summed E-state index contributed by atoms with van der Waals surface area (Å²) in [5.74, 6) is -1.00. The minimum Gasteiger partial charge on any atom is -0.380 e. The van der Waals surface area contributed by atoms with E-state index >= 15 is 0 Å². The van der Waals surface area contributed by atoms with Crippen LogP contribution in [0, 0.1) is 5.92 Å². The molecular formula is C20H24BrNO3. The maximum absolute atomic E-state index is 12.5. The lowest BCUT2D eigenvalue weighted by molar-refractivity contribution is -0.195. The summed E-state index contributed by atoms with van der Waals surface area (Å²) in [7, 11) is 0. The topological polar surface area (TPSA) is 49.8 Å². The second-order valence-electron chi connectivity index (χ2n) is 6.23. The fraction of sp³-hybridized carbons (Fsp3) is 0.350. The molecule has 0 spiro atoms. The molecule has 0 aromatic heterocycles. The minimum absolute atomic E-state index is 0.301. The van der Waals surface area contributed by atoms with Crippen LogP contribution in [-0.4, -0.2) is 21.7 Å². The number of rotatable bonds is 8. The minimum atomic E-state index is -1.73. The summed E-state index contributed by atoms with van der Waals surface area (Å²) in [5, 5.41) is 11.4. The van der Waals surface area contributed by atoms with Crippen LogP contribution in [0.4, 0.5) is 0 Å². The molecule has 2 unspecified atom stereocenters. The van der Waals surface area contributed by atoms with Gasteiger partial charge in [-0.05, 0) is 17.5 Å². The molecule has 0 aliphatic rings. The van der Waals surface area contributed by atoms with E-state index in [4.69, 9.17) is 3.83 Å². The van der Waals surface area contributed by atoms with Crippen molar-refractivity contribution >= 4 is 22.2 Å². The van der Waals surface area contributed by atoms with E-state index < -0.39 is 11.7 Å². The molecule has 1 N–H and O–H groups in total. The maximum Gasteiger partial charge on any atom is 0.365 e. The molecule has 0 bridgehead atoms. The highest BCUT2D eigenvalue weighted by Crippen LogP contribution is 2.30. The summed E-state index contributed by atoms with van der Waals surface area (Å²) in [6, 6.07) is 19.6. The van der Waals surface area contributed by atoms with Gasteiger partial charge >= 0.3 is 5.97 Å². The fourth-order valence-electron chi connectivity index (χ4n) is 2.89. The molecule has 0 aliphatic heterocycles. The van der Waals surface area contributed by atoms with Crippen LogP contribution in [0.1, 0.15) is 31.4 Å². The lowest BCUT2D eigenvalue weighted by Crippen LogP contribution is -2.58. The lowest BCUT2D eigenvalue weighted by Gasteiger charge is -2.40. The van der Waals surface area contributed by atoms with Crippen LogP contribution >= 0.6 is 16.3 Å². The van der Waals surface area contributed by atoms with E-state index in [1.54, 1.807) is 4.90 Å². The fourth-order valence-corrected chi connectivity index (χ4v) is 3.13. The van der Waals surface area contributed by atoms with Gasteiger partial charge in [-0.3, -0.25) is 4.90 Å². The van der Waals surface area contributed by atoms with Crippen LogP contribution in [0.5, 0.6) is 0 Å². The molecule has 0 heterocycles. The zero-order valence-electron chi connectivity index (χ0n) is 14.6. The summed E-state index contributed by atoms with van der Waals surface area (Å²) >= 11 is 2.75. The Morgan fingerprint density at radius 1 is 1.08 bits per heavy atom. The maximum atomic E-state index is 12.5. The number of hydrogen-bond acceptors (Lipinski definition) is 4. The van der Waals surface area contributed by atoms with E-state index in [1.165, 1.54) is 0 Å². The first-order valence-electron chi connectivity index (χ1n) is 8.40. The van der Waals surface area contributed by atoms with Gasteiger partial charge in [0, 0.05) is 19.0 Å². The third-order valence-electron chi connectivity index (χ3n) is 4.58. The molecule has 0 aliphatic carbocycles. The monoisotopic (exact) mass is 405 g/mol. The number of carbonyl (C=O) groups excluding carboxylic acids is 1. The predicted octanol–water partition coefficient (Wildman–Crippen LogP) is 4.28. The van der Waals surface area contributed by atoms with Crippen molar-refractivity contribution < 1.29 is 13.7 Å². The average Bonchev–Trinajstić information content (AvgIpc) is 2.67. The molecular weight excluding hydrogens is 382 g/mol. The van der Waals surface area contributed by atoms with Crippen LogP contribution in [0.25, 0.3) is 0 Å². The molecule has 0 amide bonds. The van der Waals surface area contributed by atoms with E-state index in [9.17, 15) is 9.90 Å². The number of carbonyl (C=O) groups is 1. The Morgan fingerprint density at radius 3 is 1.88 bits per heavy atom. The van der Waals surface area contributed by atoms with Gasteiger partial charge in [0.2, 0.25) is 5.72 Å².